The first-order chi connectivity index (χ1) is 10.7. The van der Waals surface area contributed by atoms with Gasteiger partial charge in [0.2, 0.25) is 5.88 Å². The summed E-state index contributed by atoms with van der Waals surface area (Å²) in [6, 6.07) is 10.8. The number of ether oxygens (including phenoxy) is 1. The summed E-state index contributed by atoms with van der Waals surface area (Å²) in [4.78, 5) is 11.6. The average molecular weight is 297 g/mol. The van der Waals surface area contributed by atoms with Crippen molar-refractivity contribution in [3.63, 3.8) is 0 Å². The minimum atomic E-state index is 0.346. The van der Waals surface area contributed by atoms with Gasteiger partial charge in [-0.2, -0.15) is 4.98 Å². The highest BCUT2D eigenvalue weighted by atomic mass is 16.5. The van der Waals surface area contributed by atoms with Crippen molar-refractivity contribution in [3.05, 3.63) is 47.8 Å². The van der Waals surface area contributed by atoms with E-state index in [1.807, 2.05) is 12.3 Å². The average Bonchev–Trinajstić information content (AvgIpc) is 2.78. The van der Waals surface area contributed by atoms with Crippen LogP contribution in [0.5, 0.6) is 5.88 Å². The third-order valence-corrected chi connectivity index (χ3v) is 3.96. The number of benzene rings is 1. The topological polar surface area (TPSA) is 38.2 Å². The first-order valence-corrected chi connectivity index (χ1v) is 8.03. The second kappa shape index (κ2) is 6.77. The Morgan fingerprint density at radius 3 is 2.77 bits per heavy atom. The van der Waals surface area contributed by atoms with Crippen molar-refractivity contribution in [2.75, 3.05) is 11.5 Å². The lowest BCUT2D eigenvalue weighted by Gasteiger charge is -2.28. The van der Waals surface area contributed by atoms with E-state index in [4.69, 9.17) is 9.72 Å². The zero-order valence-corrected chi connectivity index (χ0v) is 13.3. The molecule has 0 spiro atoms. The summed E-state index contributed by atoms with van der Waals surface area (Å²) in [5, 5.41) is 0. The van der Waals surface area contributed by atoms with Crippen molar-refractivity contribution in [2.24, 2.45) is 0 Å². The Labute approximate surface area is 132 Å². The zero-order chi connectivity index (χ0) is 15.4. The minimum absolute atomic E-state index is 0.346. The summed E-state index contributed by atoms with van der Waals surface area (Å²) in [5.41, 5.74) is 2.26. The number of hydrogen-bond donors (Lipinski definition) is 0. The molecule has 22 heavy (non-hydrogen) atoms. The van der Waals surface area contributed by atoms with E-state index in [2.05, 4.69) is 48.0 Å². The predicted molar refractivity (Wildman–Crippen MR) is 88.2 cm³/mol. The summed E-state index contributed by atoms with van der Waals surface area (Å²) >= 11 is 0. The second-order valence-electron chi connectivity index (χ2n) is 5.99. The lowest BCUT2D eigenvalue weighted by molar-refractivity contribution is 0.304. The van der Waals surface area contributed by atoms with Gasteiger partial charge >= 0.3 is 0 Å². The molecular weight excluding hydrogens is 274 g/mol. The number of anilines is 1. The molecule has 0 N–H and O–H groups in total. The standard InChI is InChI=1S/C18H23N3O/c1-14(2)21(13-15-8-4-3-5-9-15)17-12-19-16-10-6-7-11-22-18(16)20-17/h3-5,8-9,12,14H,6-7,10-11,13H2,1-2H3. The zero-order valence-electron chi connectivity index (χ0n) is 13.3. The summed E-state index contributed by atoms with van der Waals surface area (Å²) in [7, 11) is 0. The van der Waals surface area contributed by atoms with Crippen molar-refractivity contribution in [1.82, 2.24) is 9.97 Å². The third-order valence-electron chi connectivity index (χ3n) is 3.96. The van der Waals surface area contributed by atoms with Crippen LogP contribution >= 0.6 is 0 Å². The highest BCUT2D eigenvalue weighted by Crippen LogP contribution is 2.25. The number of aryl methyl sites for hydroxylation is 1. The van der Waals surface area contributed by atoms with Crippen LogP contribution in [0.2, 0.25) is 0 Å². The van der Waals surface area contributed by atoms with Crippen LogP contribution in [0.15, 0.2) is 36.5 Å². The Balaban J connectivity index is 1.87. The van der Waals surface area contributed by atoms with Gasteiger partial charge in [0, 0.05) is 12.6 Å². The highest BCUT2D eigenvalue weighted by Gasteiger charge is 2.18. The molecule has 2 heterocycles. The second-order valence-corrected chi connectivity index (χ2v) is 5.99. The molecule has 0 saturated heterocycles. The van der Waals surface area contributed by atoms with Crippen molar-refractivity contribution in [2.45, 2.75) is 45.7 Å². The van der Waals surface area contributed by atoms with Crippen LogP contribution in [0, 0.1) is 0 Å². The normalized spacial score (nSPS) is 14.1. The van der Waals surface area contributed by atoms with E-state index in [0.717, 1.165) is 43.9 Å². The molecule has 4 nitrogen and oxygen atoms in total. The smallest absolute Gasteiger partial charge is 0.237 e. The molecule has 116 valence electrons. The molecule has 1 aliphatic rings. The third kappa shape index (κ3) is 3.38. The Hall–Kier alpha value is -2.10. The van der Waals surface area contributed by atoms with Gasteiger partial charge in [0.1, 0.15) is 5.69 Å². The number of hydrogen-bond acceptors (Lipinski definition) is 4. The fraction of sp³-hybridized carbons (Fsp3) is 0.444. The Bertz CT molecular complexity index is 613. The fourth-order valence-electron chi connectivity index (χ4n) is 2.69. The monoisotopic (exact) mass is 297 g/mol. The van der Waals surface area contributed by atoms with Gasteiger partial charge in [-0.25, -0.2) is 0 Å². The van der Waals surface area contributed by atoms with Gasteiger partial charge in [0.15, 0.2) is 5.82 Å². The largest absolute Gasteiger partial charge is 0.476 e. The molecule has 0 fully saturated rings. The first-order valence-electron chi connectivity index (χ1n) is 8.03. The Morgan fingerprint density at radius 2 is 2.00 bits per heavy atom. The van der Waals surface area contributed by atoms with Crippen LogP contribution in [0.4, 0.5) is 5.82 Å². The van der Waals surface area contributed by atoms with Crippen LogP contribution in [-0.4, -0.2) is 22.6 Å². The number of aromatic nitrogens is 2. The molecule has 0 saturated carbocycles. The maximum Gasteiger partial charge on any atom is 0.237 e. The highest BCUT2D eigenvalue weighted by molar-refractivity contribution is 5.42. The maximum atomic E-state index is 5.77. The minimum Gasteiger partial charge on any atom is -0.476 e. The van der Waals surface area contributed by atoms with Gasteiger partial charge in [-0.3, -0.25) is 4.98 Å². The molecule has 0 radical (unpaired) electrons. The van der Waals surface area contributed by atoms with Crippen LogP contribution in [0.25, 0.3) is 0 Å². The van der Waals surface area contributed by atoms with E-state index in [9.17, 15) is 0 Å². The maximum absolute atomic E-state index is 5.77. The molecular formula is C18H23N3O. The first kappa shape index (κ1) is 14.8. The lowest BCUT2D eigenvalue weighted by Crippen LogP contribution is -2.31. The van der Waals surface area contributed by atoms with Gasteiger partial charge < -0.3 is 9.64 Å². The van der Waals surface area contributed by atoms with E-state index in [1.165, 1.54) is 5.56 Å². The van der Waals surface area contributed by atoms with E-state index in [1.54, 1.807) is 0 Å². The van der Waals surface area contributed by atoms with Crippen molar-refractivity contribution in [1.29, 1.82) is 0 Å². The molecule has 3 rings (SSSR count). The number of fused-ring (bicyclic) bond motifs is 1. The molecule has 0 aliphatic carbocycles. The van der Waals surface area contributed by atoms with Gasteiger partial charge in [0.05, 0.1) is 12.8 Å². The van der Waals surface area contributed by atoms with Gasteiger partial charge in [-0.1, -0.05) is 30.3 Å². The molecule has 0 amide bonds. The molecule has 1 aromatic carbocycles. The number of rotatable bonds is 4. The SMILES string of the molecule is CC(C)N(Cc1ccccc1)c1cnc2c(n1)OCCCC2. The van der Waals surface area contributed by atoms with Crippen LogP contribution in [-0.2, 0) is 13.0 Å². The van der Waals surface area contributed by atoms with Gasteiger partial charge in [-0.15, -0.1) is 0 Å². The van der Waals surface area contributed by atoms with Gasteiger partial charge in [0.25, 0.3) is 0 Å². The molecule has 1 aliphatic heterocycles. The van der Waals surface area contributed by atoms with Gasteiger partial charge in [-0.05, 0) is 38.7 Å². The fourth-order valence-corrected chi connectivity index (χ4v) is 2.69. The molecule has 4 heteroatoms. The molecule has 0 atom stereocenters. The van der Waals surface area contributed by atoms with E-state index >= 15 is 0 Å². The molecule has 1 aromatic heterocycles. The summed E-state index contributed by atoms with van der Waals surface area (Å²) in [6.07, 6.45) is 5.05. The summed E-state index contributed by atoms with van der Waals surface area (Å²) < 4.78 is 5.77. The van der Waals surface area contributed by atoms with Crippen LogP contribution in [0.3, 0.4) is 0 Å². The van der Waals surface area contributed by atoms with Crippen LogP contribution in [0.1, 0.15) is 37.9 Å². The molecule has 0 bridgehead atoms. The van der Waals surface area contributed by atoms with Crippen LogP contribution < -0.4 is 9.64 Å². The Kier molecular flexibility index (Phi) is 4.56. The lowest BCUT2D eigenvalue weighted by atomic mass is 10.2. The summed E-state index contributed by atoms with van der Waals surface area (Å²) in [6.45, 7) is 5.92. The quantitative estimate of drug-likeness (QED) is 0.864. The van der Waals surface area contributed by atoms with Crippen molar-refractivity contribution in [3.8, 4) is 5.88 Å². The van der Waals surface area contributed by atoms with E-state index < -0.39 is 0 Å². The van der Waals surface area contributed by atoms with E-state index in [-0.39, 0.29) is 0 Å². The molecule has 2 aromatic rings. The number of nitrogens with zero attached hydrogens (tertiary/aromatic N) is 3. The summed E-state index contributed by atoms with van der Waals surface area (Å²) in [5.74, 6) is 1.60. The predicted octanol–water partition coefficient (Wildman–Crippen LogP) is 3.61. The van der Waals surface area contributed by atoms with Crippen molar-refractivity contribution >= 4 is 5.82 Å². The van der Waals surface area contributed by atoms with E-state index in [0.29, 0.717) is 11.9 Å². The Morgan fingerprint density at radius 1 is 1.18 bits per heavy atom. The molecule has 0 unspecified atom stereocenters. The van der Waals surface area contributed by atoms with Crippen molar-refractivity contribution < 1.29 is 4.74 Å².